The highest BCUT2D eigenvalue weighted by Crippen LogP contribution is 2.10. The van der Waals surface area contributed by atoms with E-state index in [0.717, 1.165) is 32.3 Å². The fraction of sp³-hybridized carbons (Fsp3) is 0.714. The van der Waals surface area contributed by atoms with Crippen LogP contribution in [0.1, 0.15) is 39.5 Å². The van der Waals surface area contributed by atoms with Crippen molar-refractivity contribution in [2.24, 2.45) is 0 Å². The van der Waals surface area contributed by atoms with Gasteiger partial charge in [0.1, 0.15) is 11.5 Å². The lowest BCUT2D eigenvalue weighted by atomic mass is 10.3. The Kier molecular flexibility index (Phi) is 7.60. The van der Waals surface area contributed by atoms with Crippen LogP contribution in [0.5, 0.6) is 0 Å². The maximum atomic E-state index is 11.8. The SMILES string of the molecule is CCCCn1c(N)c(NCCCOCCC)c(=O)[nH]c1=O. The van der Waals surface area contributed by atoms with Gasteiger partial charge in [-0.25, -0.2) is 4.79 Å². The number of ether oxygens (including phenoxy) is 1. The van der Waals surface area contributed by atoms with Gasteiger partial charge in [0, 0.05) is 26.3 Å². The van der Waals surface area contributed by atoms with Gasteiger partial charge >= 0.3 is 5.69 Å². The zero-order valence-corrected chi connectivity index (χ0v) is 12.9. The Morgan fingerprint density at radius 1 is 1.19 bits per heavy atom. The van der Waals surface area contributed by atoms with Crippen LogP contribution in [0.4, 0.5) is 11.5 Å². The van der Waals surface area contributed by atoms with Crippen LogP contribution in [0.15, 0.2) is 9.59 Å². The summed E-state index contributed by atoms with van der Waals surface area (Å²) in [6.45, 7) is 6.54. The highest BCUT2D eigenvalue weighted by molar-refractivity contribution is 5.60. The molecule has 0 atom stereocenters. The van der Waals surface area contributed by atoms with Crippen LogP contribution in [0, 0.1) is 0 Å². The van der Waals surface area contributed by atoms with Gasteiger partial charge in [-0.3, -0.25) is 14.3 Å². The fourth-order valence-electron chi connectivity index (χ4n) is 1.93. The molecule has 7 heteroatoms. The Morgan fingerprint density at radius 3 is 2.62 bits per heavy atom. The standard InChI is InChI=1S/C14H26N4O3/c1-3-5-8-18-12(15)11(13(19)17-14(18)20)16-7-6-10-21-9-4-2/h16H,3-10,15H2,1-2H3,(H,17,19,20). The number of nitrogens with two attached hydrogens (primary N) is 1. The molecule has 4 N–H and O–H groups in total. The topological polar surface area (TPSA) is 102 Å². The van der Waals surface area contributed by atoms with E-state index in [1.807, 2.05) is 6.92 Å². The molecule has 1 heterocycles. The predicted octanol–water partition coefficient (Wildman–Crippen LogP) is 1.15. The number of nitrogen functional groups attached to an aromatic ring is 1. The minimum atomic E-state index is -0.472. The van der Waals surface area contributed by atoms with Crippen molar-refractivity contribution in [3.63, 3.8) is 0 Å². The molecule has 120 valence electrons. The molecule has 0 aliphatic carbocycles. The Morgan fingerprint density at radius 2 is 1.95 bits per heavy atom. The van der Waals surface area contributed by atoms with E-state index in [-0.39, 0.29) is 11.5 Å². The molecule has 0 aliphatic rings. The molecule has 0 aromatic carbocycles. The lowest BCUT2D eigenvalue weighted by Gasteiger charge is -2.13. The van der Waals surface area contributed by atoms with Crippen LogP contribution in [0.25, 0.3) is 0 Å². The Balaban J connectivity index is 2.68. The zero-order chi connectivity index (χ0) is 15.7. The van der Waals surface area contributed by atoms with Gasteiger partial charge in [0.25, 0.3) is 5.56 Å². The van der Waals surface area contributed by atoms with Crippen molar-refractivity contribution in [2.75, 3.05) is 30.8 Å². The number of nitrogens with zero attached hydrogens (tertiary/aromatic N) is 1. The maximum absolute atomic E-state index is 11.8. The summed E-state index contributed by atoms with van der Waals surface area (Å²) >= 11 is 0. The number of H-pyrrole nitrogens is 1. The van der Waals surface area contributed by atoms with Crippen molar-refractivity contribution in [3.8, 4) is 0 Å². The summed E-state index contributed by atoms with van der Waals surface area (Å²) in [5.74, 6) is 0.201. The number of nitrogens with one attached hydrogen (secondary N) is 2. The number of unbranched alkanes of at least 4 members (excludes halogenated alkanes) is 1. The summed E-state index contributed by atoms with van der Waals surface area (Å²) in [5.41, 5.74) is 5.27. The van der Waals surface area contributed by atoms with Gasteiger partial charge in [-0.05, 0) is 19.3 Å². The van der Waals surface area contributed by atoms with Crippen molar-refractivity contribution in [1.82, 2.24) is 9.55 Å². The monoisotopic (exact) mass is 298 g/mol. The van der Waals surface area contributed by atoms with Crippen molar-refractivity contribution < 1.29 is 4.74 Å². The molecule has 0 unspecified atom stereocenters. The van der Waals surface area contributed by atoms with E-state index >= 15 is 0 Å². The average Bonchev–Trinajstić information content (AvgIpc) is 2.45. The van der Waals surface area contributed by atoms with Crippen LogP contribution < -0.4 is 22.3 Å². The molecule has 0 radical (unpaired) electrons. The Labute approximate surface area is 124 Å². The third-order valence-corrected chi connectivity index (χ3v) is 3.09. The normalized spacial score (nSPS) is 10.8. The first-order valence-corrected chi connectivity index (χ1v) is 7.56. The third-order valence-electron chi connectivity index (χ3n) is 3.09. The van der Waals surface area contributed by atoms with Gasteiger partial charge < -0.3 is 15.8 Å². The van der Waals surface area contributed by atoms with Gasteiger partial charge in [-0.15, -0.1) is 0 Å². The summed E-state index contributed by atoms with van der Waals surface area (Å²) in [6, 6.07) is 0. The van der Waals surface area contributed by atoms with Gasteiger partial charge in [-0.2, -0.15) is 0 Å². The molecule has 7 nitrogen and oxygen atoms in total. The second-order valence-electron chi connectivity index (χ2n) is 4.92. The van der Waals surface area contributed by atoms with Crippen LogP contribution in [-0.4, -0.2) is 29.3 Å². The minimum absolute atomic E-state index is 0.201. The number of anilines is 2. The second kappa shape index (κ2) is 9.23. The molecule has 1 rings (SSSR count). The van der Waals surface area contributed by atoms with Gasteiger partial charge in [0.15, 0.2) is 0 Å². The molecule has 1 aromatic heterocycles. The largest absolute Gasteiger partial charge is 0.383 e. The molecule has 0 saturated carbocycles. The van der Waals surface area contributed by atoms with E-state index in [4.69, 9.17) is 10.5 Å². The van der Waals surface area contributed by atoms with Crippen LogP contribution in [0.3, 0.4) is 0 Å². The summed E-state index contributed by atoms with van der Waals surface area (Å²) in [5, 5.41) is 2.99. The summed E-state index contributed by atoms with van der Waals surface area (Å²) in [7, 11) is 0. The van der Waals surface area contributed by atoms with E-state index in [1.54, 1.807) is 0 Å². The summed E-state index contributed by atoms with van der Waals surface area (Å²) < 4.78 is 6.77. The Bertz CT molecular complexity index is 536. The first-order valence-electron chi connectivity index (χ1n) is 7.56. The summed E-state index contributed by atoms with van der Waals surface area (Å²) in [4.78, 5) is 25.9. The quantitative estimate of drug-likeness (QED) is 0.562. The van der Waals surface area contributed by atoms with E-state index in [9.17, 15) is 9.59 Å². The molecule has 21 heavy (non-hydrogen) atoms. The molecule has 0 fully saturated rings. The van der Waals surface area contributed by atoms with Gasteiger partial charge in [-0.1, -0.05) is 20.3 Å². The van der Waals surface area contributed by atoms with E-state index < -0.39 is 11.2 Å². The highest BCUT2D eigenvalue weighted by Gasteiger charge is 2.11. The van der Waals surface area contributed by atoms with Crippen molar-refractivity contribution in [1.29, 1.82) is 0 Å². The first-order chi connectivity index (χ1) is 10.1. The molecular formula is C14H26N4O3. The van der Waals surface area contributed by atoms with Gasteiger partial charge in [0.2, 0.25) is 0 Å². The van der Waals surface area contributed by atoms with Gasteiger partial charge in [0.05, 0.1) is 0 Å². The fourth-order valence-corrected chi connectivity index (χ4v) is 1.93. The number of rotatable bonds is 10. The lowest BCUT2D eigenvalue weighted by molar-refractivity contribution is 0.134. The number of aromatic nitrogens is 2. The molecule has 0 saturated heterocycles. The average molecular weight is 298 g/mol. The number of aromatic amines is 1. The number of hydrogen-bond donors (Lipinski definition) is 3. The van der Waals surface area contributed by atoms with E-state index in [2.05, 4.69) is 17.2 Å². The van der Waals surface area contributed by atoms with Crippen LogP contribution in [0.2, 0.25) is 0 Å². The highest BCUT2D eigenvalue weighted by atomic mass is 16.5. The van der Waals surface area contributed by atoms with E-state index in [0.29, 0.717) is 19.7 Å². The second-order valence-corrected chi connectivity index (χ2v) is 4.92. The van der Waals surface area contributed by atoms with Crippen molar-refractivity contribution in [3.05, 3.63) is 20.8 Å². The molecule has 0 bridgehead atoms. The summed E-state index contributed by atoms with van der Waals surface area (Å²) in [6.07, 6.45) is 3.54. The molecule has 0 amide bonds. The Hall–Kier alpha value is -1.76. The van der Waals surface area contributed by atoms with E-state index in [1.165, 1.54) is 4.57 Å². The zero-order valence-electron chi connectivity index (χ0n) is 12.9. The first kappa shape index (κ1) is 17.3. The number of hydrogen-bond acceptors (Lipinski definition) is 5. The predicted molar refractivity (Wildman–Crippen MR) is 84.9 cm³/mol. The molecule has 0 spiro atoms. The molecule has 0 aliphatic heterocycles. The molecule has 1 aromatic rings. The minimum Gasteiger partial charge on any atom is -0.383 e. The smallest absolute Gasteiger partial charge is 0.330 e. The molecular weight excluding hydrogens is 272 g/mol. The third kappa shape index (κ3) is 5.26. The van der Waals surface area contributed by atoms with Crippen molar-refractivity contribution in [2.45, 2.75) is 46.1 Å². The maximum Gasteiger partial charge on any atom is 0.330 e. The lowest BCUT2D eigenvalue weighted by Crippen LogP contribution is -2.34. The van der Waals surface area contributed by atoms with Crippen LogP contribution >= 0.6 is 0 Å². The van der Waals surface area contributed by atoms with Crippen LogP contribution in [-0.2, 0) is 11.3 Å². The van der Waals surface area contributed by atoms with Crippen molar-refractivity contribution >= 4 is 11.5 Å².